The van der Waals surface area contributed by atoms with E-state index < -0.39 is 0 Å². The van der Waals surface area contributed by atoms with Crippen LogP contribution in [0.3, 0.4) is 0 Å². The van der Waals surface area contributed by atoms with E-state index in [0.29, 0.717) is 41.6 Å². The molecule has 0 saturated carbocycles. The van der Waals surface area contributed by atoms with Gasteiger partial charge in [0.1, 0.15) is 0 Å². The number of ether oxygens (including phenoxy) is 2. The number of amides is 2. The van der Waals surface area contributed by atoms with Crippen LogP contribution in [0, 0.1) is 0 Å². The molecule has 124 valence electrons. The highest BCUT2D eigenvalue weighted by Gasteiger charge is 2.21. The third-order valence-electron chi connectivity index (χ3n) is 4.03. The first-order chi connectivity index (χ1) is 11.1. The molecule has 0 bridgehead atoms. The van der Waals surface area contributed by atoms with Crippen LogP contribution in [0.4, 0.5) is 0 Å². The largest absolute Gasteiger partial charge is 0.454 e. The lowest BCUT2D eigenvalue weighted by atomic mass is 10.2. The summed E-state index contributed by atoms with van der Waals surface area (Å²) in [5.74, 6) is 0.874. The monoisotopic (exact) mass is 338 g/mol. The van der Waals surface area contributed by atoms with E-state index in [4.69, 9.17) is 21.1 Å². The number of nitrogens with one attached hydrogen (secondary N) is 1. The molecule has 1 aromatic rings. The van der Waals surface area contributed by atoms with Gasteiger partial charge in [-0.25, -0.2) is 0 Å². The average molecular weight is 339 g/mol. The Labute approximate surface area is 139 Å². The molecule has 0 radical (unpaired) electrons. The van der Waals surface area contributed by atoms with Crippen molar-refractivity contribution in [3.05, 3.63) is 22.7 Å². The summed E-state index contributed by atoms with van der Waals surface area (Å²) in [4.78, 5) is 25.9. The van der Waals surface area contributed by atoms with Gasteiger partial charge in [0.05, 0.1) is 5.02 Å². The Morgan fingerprint density at radius 3 is 3.00 bits per heavy atom. The SMILES string of the molecule is O=C(NCCN1CCCCCC1=O)c1cc(Cl)c2c(c1)OCO2. The molecule has 2 aliphatic rings. The summed E-state index contributed by atoms with van der Waals surface area (Å²) in [6.45, 7) is 1.82. The molecule has 3 rings (SSSR count). The first-order valence-electron chi connectivity index (χ1n) is 7.80. The van der Waals surface area contributed by atoms with Crippen molar-refractivity contribution in [3.63, 3.8) is 0 Å². The summed E-state index contributed by atoms with van der Waals surface area (Å²) in [6.07, 6.45) is 3.67. The minimum Gasteiger partial charge on any atom is -0.454 e. The topological polar surface area (TPSA) is 67.9 Å². The molecule has 2 amide bonds. The number of hydrogen-bond donors (Lipinski definition) is 1. The van der Waals surface area contributed by atoms with Crippen molar-refractivity contribution in [3.8, 4) is 11.5 Å². The van der Waals surface area contributed by atoms with Gasteiger partial charge in [0, 0.05) is 31.6 Å². The third kappa shape index (κ3) is 3.69. The number of halogens is 1. The third-order valence-corrected chi connectivity index (χ3v) is 4.31. The van der Waals surface area contributed by atoms with Crippen LogP contribution in [-0.2, 0) is 4.79 Å². The molecule has 0 spiro atoms. The zero-order valence-electron chi connectivity index (χ0n) is 12.8. The van der Waals surface area contributed by atoms with Crippen molar-refractivity contribution in [1.29, 1.82) is 0 Å². The minimum absolute atomic E-state index is 0.108. The Bertz CT molecular complexity index is 620. The summed E-state index contributed by atoms with van der Waals surface area (Å²) in [5, 5.41) is 3.17. The van der Waals surface area contributed by atoms with Crippen LogP contribution < -0.4 is 14.8 Å². The first kappa shape index (κ1) is 15.9. The number of rotatable bonds is 4. The molecule has 1 aromatic carbocycles. The Morgan fingerprint density at radius 2 is 2.13 bits per heavy atom. The van der Waals surface area contributed by atoms with Crippen LogP contribution in [0.25, 0.3) is 0 Å². The maximum absolute atomic E-state index is 12.2. The average Bonchev–Trinajstić information content (AvgIpc) is 2.92. The molecular weight excluding hydrogens is 320 g/mol. The molecule has 0 unspecified atom stereocenters. The van der Waals surface area contributed by atoms with Crippen molar-refractivity contribution in [2.24, 2.45) is 0 Å². The fourth-order valence-electron chi connectivity index (χ4n) is 2.78. The van der Waals surface area contributed by atoms with Crippen LogP contribution in [0.1, 0.15) is 36.0 Å². The Balaban J connectivity index is 1.55. The van der Waals surface area contributed by atoms with E-state index in [1.807, 2.05) is 4.90 Å². The summed E-state index contributed by atoms with van der Waals surface area (Å²) in [5.41, 5.74) is 0.418. The van der Waals surface area contributed by atoms with Crippen LogP contribution in [0.5, 0.6) is 11.5 Å². The fourth-order valence-corrected chi connectivity index (χ4v) is 3.05. The predicted molar refractivity (Wildman–Crippen MR) is 85.0 cm³/mol. The highest BCUT2D eigenvalue weighted by atomic mass is 35.5. The van der Waals surface area contributed by atoms with Crippen molar-refractivity contribution >= 4 is 23.4 Å². The molecule has 1 saturated heterocycles. The number of benzene rings is 1. The highest BCUT2D eigenvalue weighted by molar-refractivity contribution is 6.32. The van der Waals surface area contributed by atoms with Gasteiger partial charge in [-0.05, 0) is 25.0 Å². The van der Waals surface area contributed by atoms with Gasteiger partial charge < -0.3 is 19.7 Å². The quantitative estimate of drug-likeness (QED) is 0.914. The van der Waals surface area contributed by atoms with E-state index in [0.717, 1.165) is 25.8 Å². The second kappa shape index (κ2) is 7.08. The van der Waals surface area contributed by atoms with E-state index in [-0.39, 0.29) is 18.6 Å². The van der Waals surface area contributed by atoms with Crippen molar-refractivity contribution in [2.45, 2.75) is 25.7 Å². The normalized spacial score (nSPS) is 17.1. The minimum atomic E-state index is -0.243. The fraction of sp³-hybridized carbons (Fsp3) is 0.500. The summed E-state index contributed by atoms with van der Waals surface area (Å²) in [6, 6.07) is 3.17. The van der Waals surface area contributed by atoms with Crippen LogP contribution in [-0.4, -0.2) is 43.1 Å². The first-order valence-corrected chi connectivity index (χ1v) is 8.18. The number of carbonyl (C=O) groups excluding carboxylic acids is 2. The summed E-state index contributed by atoms with van der Waals surface area (Å²) in [7, 11) is 0. The smallest absolute Gasteiger partial charge is 0.251 e. The van der Waals surface area contributed by atoms with Crippen LogP contribution in [0.15, 0.2) is 12.1 Å². The van der Waals surface area contributed by atoms with E-state index >= 15 is 0 Å². The maximum Gasteiger partial charge on any atom is 0.251 e. The molecule has 0 aliphatic carbocycles. The number of fused-ring (bicyclic) bond motifs is 1. The molecule has 7 heteroatoms. The lowest BCUT2D eigenvalue weighted by Crippen LogP contribution is -2.38. The number of carbonyl (C=O) groups is 2. The molecule has 1 N–H and O–H groups in total. The second-order valence-electron chi connectivity index (χ2n) is 5.64. The molecule has 0 aromatic heterocycles. The zero-order valence-corrected chi connectivity index (χ0v) is 13.5. The molecular formula is C16H19ClN2O4. The van der Waals surface area contributed by atoms with Crippen LogP contribution in [0.2, 0.25) is 5.02 Å². The van der Waals surface area contributed by atoms with Crippen molar-refractivity contribution in [1.82, 2.24) is 10.2 Å². The van der Waals surface area contributed by atoms with Gasteiger partial charge in [-0.1, -0.05) is 18.0 Å². The molecule has 6 nitrogen and oxygen atoms in total. The lowest BCUT2D eigenvalue weighted by molar-refractivity contribution is -0.130. The van der Waals surface area contributed by atoms with Crippen molar-refractivity contribution < 1.29 is 19.1 Å². The highest BCUT2D eigenvalue weighted by Crippen LogP contribution is 2.39. The summed E-state index contributed by atoms with van der Waals surface area (Å²) < 4.78 is 10.5. The molecule has 2 heterocycles. The van der Waals surface area contributed by atoms with E-state index in [9.17, 15) is 9.59 Å². The number of likely N-dealkylation sites (tertiary alicyclic amines) is 1. The predicted octanol–water partition coefficient (Wildman–Crippen LogP) is 2.20. The van der Waals surface area contributed by atoms with E-state index in [1.165, 1.54) is 0 Å². The van der Waals surface area contributed by atoms with Gasteiger partial charge in [-0.15, -0.1) is 0 Å². The van der Waals surface area contributed by atoms with Gasteiger partial charge in [0.2, 0.25) is 12.7 Å². The van der Waals surface area contributed by atoms with Gasteiger partial charge >= 0.3 is 0 Å². The molecule has 2 aliphatic heterocycles. The summed E-state index contributed by atoms with van der Waals surface area (Å²) >= 11 is 6.07. The Morgan fingerprint density at radius 1 is 1.26 bits per heavy atom. The molecule has 23 heavy (non-hydrogen) atoms. The lowest BCUT2D eigenvalue weighted by Gasteiger charge is -2.20. The zero-order chi connectivity index (χ0) is 16.2. The standard InChI is InChI=1S/C16H19ClN2O4/c17-12-8-11(9-13-15(12)23-10-22-13)16(21)18-5-7-19-6-3-1-2-4-14(19)20/h8-9H,1-7,10H2,(H,18,21). The second-order valence-corrected chi connectivity index (χ2v) is 6.05. The molecule has 0 atom stereocenters. The number of nitrogens with zero attached hydrogens (tertiary/aromatic N) is 1. The van der Waals surface area contributed by atoms with Gasteiger partial charge in [0.25, 0.3) is 5.91 Å². The Kier molecular flexibility index (Phi) is 4.91. The van der Waals surface area contributed by atoms with Gasteiger partial charge in [0.15, 0.2) is 11.5 Å². The van der Waals surface area contributed by atoms with Gasteiger partial charge in [-0.2, -0.15) is 0 Å². The number of hydrogen-bond acceptors (Lipinski definition) is 4. The van der Waals surface area contributed by atoms with E-state index in [1.54, 1.807) is 12.1 Å². The Hall–Kier alpha value is -1.95. The van der Waals surface area contributed by atoms with Gasteiger partial charge in [-0.3, -0.25) is 9.59 Å². The van der Waals surface area contributed by atoms with Crippen LogP contribution >= 0.6 is 11.6 Å². The van der Waals surface area contributed by atoms with Crippen molar-refractivity contribution in [2.75, 3.05) is 26.4 Å². The maximum atomic E-state index is 12.2. The van der Waals surface area contributed by atoms with E-state index in [2.05, 4.69) is 5.32 Å². The molecule has 1 fully saturated rings.